The lowest BCUT2D eigenvalue weighted by Gasteiger charge is -2.18. The number of benzene rings is 1. The molecular formula is C20H22N4O2S. The first-order chi connectivity index (χ1) is 13.0. The third-order valence-electron chi connectivity index (χ3n) is 4.17. The first-order valence-corrected chi connectivity index (χ1v) is 9.58. The van der Waals surface area contributed by atoms with Gasteiger partial charge in [-0.15, -0.1) is 11.3 Å². The highest BCUT2D eigenvalue weighted by Gasteiger charge is 2.21. The van der Waals surface area contributed by atoms with E-state index >= 15 is 0 Å². The lowest BCUT2D eigenvalue weighted by atomic mass is 10.2. The molecule has 2 heterocycles. The van der Waals surface area contributed by atoms with Gasteiger partial charge in [-0.05, 0) is 36.9 Å². The molecular weight excluding hydrogens is 360 g/mol. The zero-order valence-corrected chi connectivity index (χ0v) is 16.1. The lowest BCUT2D eigenvalue weighted by molar-refractivity contribution is -0.139. The van der Waals surface area contributed by atoms with Crippen molar-refractivity contribution in [3.8, 4) is 0 Å². The minimum atomic E-state index is -0.644. The van der Waals surface area contributed by atoms with Crippen LogP contribution in [0.5, 0.6) is 0 Å². The van der Waals surface area contributed by atoms with Crippen LogP contribution in [0.1, 0.15) is 27.9 Å². The number of aryl methyl sites for hydroxylation is 2. The number of nitrogens with zero attached hydrogens (tertiary/aromatic N) is 2. The van der Waals surface area contributed by atoms with Gasteiger partial charge in [0.2, 0.25) is 0 Å². The molecule has 7 heteroatoms. The second-order valence-corrected chi connectivity index (χ2v) is 7.26. The molecule has 0 fully saturated rings. The number of thiophene rings is 1. The van der Waals surface area contributed by atoms with E-state index in [0.717, 1.165) is 21.8 Å². The zero-order chi connectivity index (χ0) is 19.2. The number of carbonyl (C=O) groups excluding carboxylic acids is 2. The molecule has 3 rings (SSSR count). The summed E-state index contributed by atoms with van der Waals surface area (Å²) in [4.78, 5) is 25.4. The first kappa shape index (κ1) is 18.8. The summed E-state index contributed by atoms with van der Waals surface area (Å²) in [6.45, 7) is 4.53. The number of hydrogen-bond donors (Lipinski definition) is 2. The topological polar surface area (TPSA) is 76.0 Å². The quantitative estimate of drug-likeness (QED) is 0.644. The van der Waals surface area contributed by atoms with E-state index in [1.807, 2.05) is 72.4 Å². The Hall–Kier alpha value is -2.93. The summed E-state index contributed by atoms with van der Waals surface area (Å²) in [7, 11) is 0. The molecule has 2 aromatic heterocycles. The van der Waals surface area contributed by atoms with Crippen LogP contribution in [0.2, 0.25) is 0 Å². The monoisotopic (exact) mass is 382 g/mol. The Morgan fingerprint density at radius 2 is 1.81 bits per heavy atom. The van der Waals surface area contributed by atoms with Crippen LogP contribution in [0.15, 0.2) is 53.9 Å². The molecule has 0 saturated carbocycles. The molecule has 1 aromatic carbocycles. The van der Waals surface area contributed by atoms with Crippen molar-refractivity contribution in [2.75, 3.05) is 6.54 Å². The maximum Gasteiger partial charge on any atom is 0.309 e. The second-order valence-electron chi connectivity index (χ2n) is 6.28. The van der Waals surface area contributed by atoms with Crippen molar-refractivity contribution >= 4 is 23.2 Å². The third kappa shape index (κ3) is 4.83. The largest absolute Gasteiger partial charge is 0.345 e. The molecule has 0 radical (unpaired) electrons. The van der Waals surface area contributed by atoms with E-state index in [0.29, 0.717) is 13.1 Å². The van der Waals surface area contributed by atoms with E-state index in [9.17, 15) is 9.59 Å². The minimum Gasteiger partial charge on any atom is -0.345 e. The Kier molecular flexibility index (Phi) is 6.03. The number of hydrogen-bond acceptors (Lipinski definition) is 4. The van der Waals surface area contributed by atoms with Crippen LogP contribution in [-0.2, 0) is 16.1 Å². The average Bonchev–Trinajstić information content (AvgIpc) is 3.31. The predicted octanol–water partition coefficient (Wildman–Crippen LogP) is 2.58. The predicted molar refractivity (Wildman–Crippen MR) is 105 cm³/mol. The standard InChI is InChI=1S/C20H22N4O2S/c1-14-11-15(2)24(23-14)17(18-9-6-10-27-18)13-22-20(26)19(25)21-12-16-7-4-3-5-8-16/h3-11,17H,12-13H2,1-2H3,(H,21,25)(H,22,26). The van der Waals surface area contributed by atoms with E-state index in [1.54, 1.807) is 11.3 Å². The molecule has 27 heavy (non-hydrogen) atoms. The van der Waals surface area contributed by atoms with Gasteiger partial charge < -0.3 is 10.6 Å². The molecule has 0 aliphatic rings. The summed E-state index contributed by atoms with van der Waals surface area (Å²) in [5, 5.41) is 11.9. The van der Waals surface area contributed by atoms with Gasteiger partial charge in [0.05, 0.1) is 5.69 Å². The summed E-state index contributed by atoms with van der Waals surface area (Å²) >= 11 is 1.60. The zero-order valence-electron chi connectivity index (χ0n) is 15.3. The fourth-order valence-corrected chi connectivity index (χ4v) is 3.69. The Labute approximate surface area is 162 Å². The SMILES string of the molecule is Cc1cc(C)n(C(CNC(=O)C(=O)NCc2ccccc2)c2cccs2)n1. The molecule has 1 atom stereocenters. The van der Waals surface area contributed by atoms with Gasteiger partial charge in [-0.25, -0.2) is 0 Å². The van der Waals surface area contributed by atoms with Crippen molar-refractivity contribution in [2.45, 2.75) is 26.4 Å². The Morgan fingerprint density at radius 1 is 1.07 bits per heavy atom. The van der Waals surface area contributed by atoms with Crippen molar-refractivity contribution in [3.63, 3.8) is 0 Å². The van der Waals surface area contributed by atoms with Gasteiger partial charge in [0.1, 0.15) is 6.04 Å². The van der Waals surface area contributed by atoms with Gasteiger partial charge in [-0.2, -0.15) is 5.10 Å². The average molecular weight is 382 g/mol. The molecule has 0 aliphatic carbocycles. The van der Waals surface area contributed by atoms with E-state index in [2.05, 4.69) is 15.7 Å². The normalized spacial score (nSPS) is 11.8. The van der Waals surface area contributed by atoms with Crippen molar-refractivity contribution in [1.29, 1.82) is 0 Å². The lowest BCUT2D eigenvalue weighted by Crippen LogP contribution is -2.42. The minimum absolute atomic E-state index is 0.149. The van der Waals surface area contributed by atoms with Crippen molar-refractivity contribution in [3.05, 3.63) is 75.7 Å². The van der Waals surface area contributed by atoms with Crippen LogP contribution in [0, 0.1) is 13.8 Å². The van der Waals surface area contributed by atoms with Gasteiger partial charge in [-0.3, -0.25) is 14.3 Å². The van der Waals surface area contributed by atoms with Crippen molar-refractivity contribution < 1.29 is 9.59 Å². The Balaban J connectivity index is 1.62. The molecule has 0 aliphatic heterocycles. The molecule has 1 unspecified atom stereocenters. The van der Waals surface area contributed by atoms with Gasteiger partial charge in [0.15, 0.2) is 0 Å². The highest BCUT2D eigenvalue weighted by atomic mass is 32.1. The maximum atomic E-state index is 12.2. The molecule has 3 aromatic rings. The van der Waals surface area contributed by atoms with Crippen LogP contribution >= 0.6 is 11.3 Å². The summed E-state index contributed by atoms with van der Waals surface area (Å²) < 4.78 is 1.89. The van der Waals surface area contributed by atoms with E-state index < -0.39 is 11.8 Å². The van der Waals surface area contributed by atoms with Crippen LogP contribution < -0.4 is 10.6 Å². The summed E-state index contributed by atoms with van der Waals surface area (Å²) in [5.41, 5.74) is 2.87. The highest BCUT2D eigenvalue weighted by molar-refractivity contribution is 7.10. The molecule has 0 saturated heterocycles. The molecule has 0 spiro atoms. The van der Waals surface area contributed by atoms with Crippen LogP contribution in [0.25, 0.3) is 0 Å². The number of rotatable bonds is 6. The Bertz CT molecular complexity index is 903. The molecule has 140 valence electrons. The number of amides is 2. The van der Waals surface area contributed by atoms with E-state index in [-0.39, 0.29) is 6.04 Å². The smallest absolute Gasteiger partial charge is 0.309 e. The summed E-state index contributed by atoms with van der Waals surface area (Å²) in [6.07, 6.45) is 0. The second kappa shape index (κ2) is 8.64. The fourth-order valence-electron chi connectivity index (χ4n) is 2.88. The van der Waals surface area contributed by atoms with E-state index in [4.69, 9.17) is 0 Å². The van der Waals surface area contributed by atoms with Gasteiger partial charge >= 0.3 is 11.8 Å². The summed E-state index contributed by atoms with van der Waals surface area (Å²) in [5.74, 6) is -1.29. The molecule has 0 bridgehead atoms. The fraction of sp³-hybridized carbons (Fsp3) is 0.250. The Morgan fingerprint density at radius 3 is 2.44 bits per heavy atom. The summed E-state index contributed by atoms with van der Waals surface area (Å²) in [6, 6.07) is 15.3. The maximum absolute atomic E-state index is 12.2. The molecule has 2 amide bonds. The van der Waals surface area contributed by atoms with Crippen molar-refractivity contribution in [1.82, 2.24) is 20.4 Å². The van der Waals surface area contributed by atoms with Crippen LogP contribution in [-0.4, -0.2) is 28.1 Å². The first-order valence-electron chi connectivity index (χ1n) is 8.70. The van der Waals surface area contributed by atoms with E-state index in [1.165, 1.54) is 0 Å². The van der Waals surface area contributed by atoms with Crippen LogP contribution in [0.4, 0.5) is 0 Å². The number of nitrogens with one attached hydrogen (secondary N) is 2. The highest BCUT2D eigenvalue weighted by Crippen LogP contribution is 2.24. The third-order valence-corrected chi connectivity index (χ3v) is 5.14. The van der Waals surface area contributed by atoms with Gasteiger partial charge in [0.25, 0.3) is 0 Å². The molecule has 2 N–H and O–H groups in total. The van der Waals surface area contributed by atoms with Gasteiger partial charge in [-0.1, -0.05) is 36.4 Å². The number of aromatic nitrogens is 2. The van der Waals surface area contributed by atoms with Crippen molar-refractivity contribution in [2.24, 2.45) is 0 Å². The number of carbonyl (C=O) groups is 2. The van der Waals surface area contributed by atoms with Gasteiger partial charge in [0, 0.05) is 23.7 Å². The van der Waals surface area contributed by atoms with Crippen LogP contribution in [0.3, 0.4) is 0 Å². The molecule has 6 nitrogen and oxygen atoms in total.